The summed E-state index contributed by atoms with van der Waals surface area (Å²) in [6.45, 7) is 10.7. The number of rotatable bonds is 4. The number of Topliss-reactive ketones (excluding diaryl/α,β-unsaturated/α-hetero) is 2. The second-order valence-corrected chi connectivity index (χ2v) is 4.93. The summed E-state index contributed by atoms with van der Waals surface area (Å²) in [5.74, 6) is -0.410. The van der Waals surface area contributed by atoms with E-state index in [0.29, 0.717) is 22.3 Å². The molecule has 0 fully saturated rings. The molecule has 0 aliphatic heterocycles. The summed E-state index contributed by atoms with van der Waals surface area (Å²) >= 11 is 0. The fraction of sp³-hybridized carbons (Fsp3) is 0.111. The third-order valence-electron chi connectivity index (χ3n) is 3.18. The molecule has 20 heavy (non-hydrogen) atoms. The molecule has 0 atom stereocenters. The minimum atomic E-state index is -0.208. The van der Waals surface area contributed by atoms with Crippen molar-refractivity contribution in [2.24, 2.45) is 0 Å². The Bertz CT molecular complexity index is 751. The first-order valence-electron chi connectivity index (χ1n) is 6.35. The maximum absolute atomic E-state index is 12.4. The van der Waals surface area contributed by atoms with Crippen molar-refractivity contribution in [2.75, 3.05) is 0 Å². The summed E-state index contributed by atoms with van der Waals surface area (Å²) < 4.78 is 0. The molecule has 0 N–H and O–H groups in total. The van der Waals surface area contributed by atoms with Crippen molar-refractivity contribution in [3.05, 3.63) is 71.8 Å². The van der Waals surface area contributed by atoms with E-state index in [2.05, 4.69) is 13.2 Å². The smallest absolute Gasteiger partial charge is 0.189 e. The third-order valence-corrected chi connectivity index (χ3v) is 3.18. The van der Waals surface area contributed by atoms with E-state index >= 15 is 0 Å². The molecular formula is C18H16O2. The van der Waals surface area contributed by atoms with Gasteiger partial charge in [0.05, 0.1) is 0 Å². The van der Waals surface area contributed by atoms with Crippen LogP contribution in [0.3, 0.4) is 0 Å². The second-order valence-electron chi connectivity index (χ2n) is 4.93. The molecule has 100 valence electrons. The summed E-state index contributed by atoms with van der Waals surface area (Å²) in [5.41, 5.74) is 1.64. The molecule has 0 saturated heterocycles. The van der Waals surface area contributed by atoms with Crippen LogP contribution in [0.5, 0.6) is 0 Å². The Morgan fingerprint density at radius 3 is 2.05 bits per heavy atom. The molecule has 2 heteroatoms. The van der Waals surface area contributed by atoms with Crippen molar-refractivity contribution in [1.29, 1.82) is 0 Å². The van der Waals surface area contributed by atoms with Crippen molar-refractivity contribution in [3.63, 3.8) is 0 Å². The van der Waals surface area contributed by atoms with Crippen molar-refractivity contribution >= 4 is 22.3 Å². The van der Waals surface area contributed by atoms with Gasteiger partial charge in [-0.2, -0.15) is 0 Å². The Kier molecular flexibility index (Phi) is 3.66. The quantitative estimate of drug-likeness (QED) is 0.607. The van der Waals surface area contributed by atoms with Gasteiger partial charge in [0, 0.05) is 11.1 Å². The minimum absolute atomic E-state index is 0.202. The molecule has 0 aliphatic carbocycles. The Morgan fingerprint density at radius 2 is 1.45 bits per heavy atom. The number of allylic oxidation sites excluding steroid dienone is 2. The van der Waals surface area contributed by atoms with Gasteiger partial charge in [-0.3, -0.25) is 9.59 Å². The molecule has 0 bridgehead atoms. The monoisotopic (exact) mass is 264 g/mol. The number of hydrogen-bond donors (Lipinski definition) is 0. The second kappa shape index (κ2) is 5.25. The van der Waals surface area contributed by atoms with E-state index in [4.69, 9.17) is 0 Å². The highest BCUT2D eigenvalue weighted by Crippen LogP contribution is 2.26. The van der Waals surface area contributed by atoms with E-state index in [1.165, 1.54) is 0 Å². The minimum Gasteiger partial charge on any atom is -0.289 e. The van der Waals surface area contributed by atoms with E-state index in [-0.39, 0.29) is 11.6 Å². The van der Waals surface area contributed by atoms with E-state index in [9.17, 15) is 9.59 Å². The fourth-order valence-corrected chi connectivity index (χ4v) is 2.15. The van der Waals surface area contributed by atoms with Gasteiger partial charge < -0.3 is 0 Å². The van der Waals surface area contributed by atoms with Gasteiger partial charge in [-0.1, -0.05) is 43.5 Å². The van der Waals surface area contributed by atoms with Gasteiger partial charge in [0.15, 0.2) is 11.6 Å². The van der Waals surface area contributed by atoms with Crippen LogP contribution in [0.4, 0.5) is 0 Å². The summed E-state index contributed by atoms with van der Waals surface area (Å²) in [6, 6.07) is 11.1. The summed E-state index contributed by atoms with van der Waals surface area (Å²) in [7, 11) is 0. The van der Waals surface area contributed by atoms with Crippen LogP contribution in [0.15, 0.2) is 60.7 Å². The highest BCUT2D eigenvalue weighted by Gasteiger charge is 2.20. The van der Waals surface area contributed by atoms with Gasteiger partial charge in [0.1, 0.15) is 0 Å². The molecule has 2 nitrogen and oxygen atoms in total. The molecule has 0 spiro atoms. The number of carbonyl (C=O) groups excluding carboxylic acids is 2. The van der Waals surface area contributed by atoms with E-state index in [1.54, 1.807) is 19.9 Å². The van der Waals surface area contributed by atoms with Crippen molar-refractivity contribution in [1.82, 2.24) is 0 Å². The standard InChI is InChI=1S/C18H16O2/c1-11(2)17(19)15-10-9-13-7-5-6-8-14(13)16(15)18(20)12(3)4/h5-10H,1,3H2,2,4H3. The van der Waals surface area contributed by atoms with Crippen LogP contribution in [0, 0.1) is 0 Å². The molecule has 2 aromatic rings. The van der Waals surface area contributed by atoms with E-state index in [0.717, 1.165) is 10.8 Å². The lowest BCUT2D eigenvalue weighted by molar-refractivity contribution is 0.100. The van der Waals surface area contributed by atoms with Crippen LogP contribution in [0.25, 0.3) is 10.8 Å². The molecule has 0 radical (unpaired) electrons. The largest absolute Gasteiger partial charge is 0.289 e. The van der Waals surface area contributed by atoms with Crippen LogP contribution < -0.4 is 0 Å². The first kappa shape index (κ1) is 13.9. The van der Waals surface area contributed by atoms with Crippen LogP contribution >= 0.6 is 0 Å². The highest BCUT2D eigenvalue weighted by atomic mass is 16.1. The van der Waals surface area contributed by atoms with Gasteiger partial charge in [-0.15, -0.1) is 0 Å². The lowest BCUT2D eigenvalue weighted by Gasteiger charge is -2.11. The van der Waals surface area contributed by atoms with Crippen molar-refractivity contribution < 1.29 is 9.59 Å². The normalized spacial score (nSPS) is 10.3. The average molecular weight is 264 g/mol. The lowest BCUT2D eigenvalue weighted by atomic mass is 9.90. The molecule has 2 rings (SSSR count). The topological polar surface area (TPSA) is 34.1 Å². The molecule has 0 aromatic heterocycles. The summed E-state index contributed by atoms with van der Waals surface area (Å²) in [6.07, 6.45) is 0. The predicted octanol–water partition coefficient (Wildman–Crippen LogP) is 4.36. The zero-order valence-corrected chi connectivity index (χ0v) is 11.7. The zero-order valence-electron chi connectivity index (χ0n) is 11.7. The number of hydrogen-bond acceptors (Lipinski definition) is 2. The van der Waals surface area contributed by atoms with Crippen LogP contribution in [0.2, 0.25) is 0 Å². The van der Waals surface area contributed by atoms with E-state index < -0.39 is 0 Å². The van der Waals surface area contributed by atoms with Crippen LogP contribution in [-0.2, 0) is 0 Å². The Balaban J connectivity index is 2.85. The van der Waals surface area contributed by atoms with Gasteiger partial charge in [-0.25, -0.2) is 0 Å². The molecule has 0 amide bonds. The maximum Gasteiger partial charge on any atom is 0.189 e. The van der Waals surface area contributed by atoms with Gasteiger partial charge >= 0.3 is 0 Å². The molecule has 0 saturated carbocycles. The number of ketones is 2. The molecule has 0 unspecified atom stereocenters. The lowest BCUT2D eigenvalue weighted by Crippen LogP contribution is -2.11. The highest BCUT2D eigenvalue weighted by molar-refractivity contribution is 6.24. The average Bonchev–Trinajstić information content (AvgIpc) is 2.44. The van der Waals surface area contributed by atoms with Gasteiger partial charge in [-0.05, 0) is 41.8 Å². The number of benzene rings is 2. The van der Waals surface area contributed by atoms with Gasteiger partial charge in [0.25, 0.3) is 0 Å². The first-order valence-corrected chi connectivity index (χ1v) is 6.35. The van der Waals surface area contributed by atoms with Crippen molar-refractivity contribution in [2.45, 2.75) is 13.8 Å². The number of carbonyl (C=O) groups is 2. The Morgan fingerprint density at radius 1 is 0.850 bits per heavy atom. The van der Waals surface area contributed by atoms with Gasteiger partial charge in [0.2, 0.25) is 0 Å². The van der Waals surface area contributed by atoms with Crippen LogP contribution in [0.1, 0.15) is 34.6 Å². The molecule has 2 aromatic carbocycles. The summed E-state index contributed by atoms with van der Waals surface area (Å²) in [5, 5.41) is 1.70. The first-order chi connectivity index (χ1) is 9.43. The Hall–Kier alpha value is -2.48. The fourth-order valence-electron chi connectivity index (χ4n) is 2.15. The number of fused-ring (bicyclic) bond motifs is 1. The molecule has 0 heterocycles. The maximum atomic E-state index is 12.4. The predicted molar refractivity (Wildman–Crippen MR) is 82.2 cm³/mol. The Labute approximate surface area is 118 Å². The van der Waals surface area contributed by atoms with E-state index in [1.807, 2.05) is 30.3 Å². The SMILES string of the molecule is C=C(C)C(=O)c1ccc2ccccc2c1C(=O)C(=C)C. The third kappa shape index (κ3) is 2.32. The van der Waals surface area contributed by atoms with Crippen molar-refractivity contribution in [3.8, 4) is 0 Å². The van der Waals surface area contributed by atoms with Crippen LogP contribution in [-0.4, -0.2) is 11.6 Å². The summed E-state index contributed by atoms with van der Waals surface area (Å²) in [4.78, 5) is 24.7. The molecular weight excluding hydrogens is 248 g/mol. The molecule has 0 aliphatic rings. The zero-order chi connectivity index (χ0) is 14.9.